The number of nitriles is 1. The van der Waals surface area contributed by atoms with Crippen molar-refractivity contribution in [2.75, 3.05) is 0 Å². The van der Waals surface area contributed by atoms with Crippen LogP contribution in [0.15, 0.2) is 110 Å². The zero-order valence-electron chi connectivity index (χ0n) is 20.4. The molecule has 0 saturated carbocycles. The zero-order chi connectivity index (χ0) is 27.5. The number of quaternary nitrogens is 2. The van der Waals surface area contributed by atoms with Gasteiger partial charge in [-0.25, -0.2) is 0 Å². The number of rotatable bonds is 5. The Morgan fingerprint density at radius 2 is 1.03 bits per heavy atom. The van der Waals surface area contributed by atoms with Crippen molar-refractivity contribution in [2.24, 2.45) is 0 Å². The van der Waals surface area contributed by atoms with Crippen molar-refractivity contribution in [3.63, 3.8) is 0 Å². The quantitative estimate of drug-likeness (QED) is 0.397. The minimum atomic E-state index is -1.19. The highest BCUT2D eigenvalue weighted by atomic mass is 16.4. The maximum atomic E-state index is 10.0. The van der Waals surface area contributed by atoms with Crippen LogP contribution in [0.4, 0.5) is 0 Å². The Morgan fingerprint density at radius 3 is 1.24 bits per heavy atom. The van der Waals surface area contributed by atoms with E-state index in [0.29, 0.717) is 0 Å². The molecular weight excluding hydrogens is 470 g/mol. The third kappa shape index (κ3) is 11.9. The van der Waals surface area contributed by atoms with Crippen molar-refractivity contribution in [3.05, 3.63) is 132 Å². The fraction of sp³-hybridized carbons (Fsp3) is 0.107. The minimum Gasteiger partial charge on any atom is -0.545 e. The molecule has 4 rings (SSSR count). The van der Waals surface area contributed by atoms with E-state index in [-0.39, 0.29) is 23.2 Å². The molecule has 0 aliphatic carbocycles. The Bertz CT molecular complexity index is 1130. The standard InChI is InChI=1S/C14H16N2.2C6H5NO2.C2H3N/c15-13(11-7-3-1-4-8-11)14(16)12-9-5-2-6-10-12;2*8-6(9)5-2-1-3-7-4-5;1-2-3/h1-10,13-14H,15-16H2;2*1-4H,(H,8,9);1H3/t13-,14-;;;/m1.../s1. The Balaban J connectivity index is 0.000000280. The van der Waals surface area contributed by atoms with Crippen molar-refractivity contribution < 1.29 is 31.3 Å². The molecule has 0 bridgehead atoms. The van der Waals surface area contributed by atoms with Crippen LogP contribution in [0, 0.1) is 11.3 Å². The second-order valence-corrected chi connectivity index (χ2v) is 7.32. The van der Waals surface area contributed by atoms with Crippen LogP contribution in [-0.2, 0) is 0 Å². The number of benzene rings is 2. The molecule has 0 spiro atoms. The Kier molecular flexibility index (Phi) is 14.3. The molecule has 0 amide bonds. The Labute approximate surface area is 215 Å². The lowest BCUT2D eigenvalue weighted by Crippen LogP contribution is -2.68. The van der Waals surface area contributed by atoms with Crippen molar-refractivity contribution in [2.45, 2.75) is 19.0 Å². The monoisotopic (exact) mass is 499 g/mol. The van der Waals surface area contributed by atoms with Gasteiger partial charge in [-0.15, -0.1) is 0 Å². The second kappa shape index (κ2) is 17.5. The molecule has 2 atom stereocenters. The van der Waals surface area contributed by atoms with Gasteiger partial charge in [0.15, 0.2) is 12.1 Å². The summed E-state index contributed by atoms with van der Waals surface area (Å²) < 4.78 is 0. The topological polar surface area (TPSA) is 185 Å². The lowest BCUT2D eigenvalue weighted by molar-refractivity contribution is -0.540. The fourth-order valence-electron chi connectivity index (χ4n) is 2.83. The van der Waals surface area contributed by atoms with E-state index in [4.69, 9.17) is 5.26 Å². The summed E-state index contributed by atoms with van der Waals surface area (Å²) in [5.74, 6) is -2.38. The lowest BCUT2D eigenvalue weighted by atomic mass is 9.95. The van der Waals surface area contributed by atoms with Crippen LogP contribution in [0.3, 0.4) is 0 Å². The van der Waals surface area contributed by atoms with Crippen molar-refractivity contribution in [3.8, 4) is 6.07 Å². The van der Waals surface area contributed by atoms with Crippen LogP contribution in [0.1, 0.15) is 50.9 Å². The number of aromatic nitrogens is 2. The van der Waals surface area contributed by atoms with Crippen molar-refractivity contribution in [1.29, 1.82) is 5.26 Å². The molecule has 4 aromatic rings. The molecule has 0 saturated heterocycles. The highest BCUT2D eigenvalue weighted by molar-refractivity contribution is 5.85. The van der Waals surface area contributed by atoms with Crippen molar-refractivity contribution >= 4 is 11.9 Å². The van der Waals surface area contributed by atoms with Crippen LogP contribution >= 0.6 is 0 Å². The van der Waals surface area contributed by atoms with E-state index >= 15 is 0 Å². The summed E-state index contributed by atoms with van der Waals surface area (Å²) in [6, 6.07) is 28.8. The molecule has 0 radical (unpaired) electrons. The van der Waals surface area contributed by atoms with E-state index < -0.39 is 11.9 Å². The number of carboxylic acid groups (broad SMARTS) is 2. The molecule has 0 aliphatic heterocycles. The predicted molar refractivity (Wildman–Crippen MR) is 133 cm³/mol. The van der Waals surface area contributed by atoms with E-state index in [1.807, 2.05) is 36.4 Å². The van der Waals surface area contributed by atoms with Crippen LogP contribution in [0.5, 0.6) is 0 Å². The molecule has 2 aromatic carbocycles. The average Bonchev–Trinajstić information content (AvgIpc) is 2.95. The molecule has 2 aromatic heterocycles. The predicted octanol–water partition coefficient (Wildman–Crippen LogP) is 0.373. The van der Waals surface area contributed by atoms with E-state index in [1.165, 1.54) is 55.0 Å². The number of hydrogen-bond donors (Lipinski definition) is 2. The van der Waals surface area contributed by atoms with Gasteiger partial charge in [-0.05, 0) is 12.1 Å². The molecule has 0 aliphatic rings. The van der Waals surface area contributed by atoms with Crippen LogP contribution in [0.25, 0.3) is 0 Å². The van der Waals surface area contributed by atoms with Gasteiger partial charge < -0.3 is 31.3 Å². The summed E-state index contributed by atoms with van der Waals surface area (Å²) in [6.07, 6.45) is 5.50. The second-order valence-electron chi connectivity index (χ2n) is 7.32. The van der Waals surface area contributed by atoms with Gasteiger partial charge in [-0.1, -0.05) is 72.8 Å². The molecule has 0 unspecified atom stereocenters. The first-order valence-electron chi connectivity index (χ1n) is 11.1. The molecule has 190 valence electrons. The number of hydrogen-bond acceptors (Lipinski definition) is 7. The number of nitrogens with zero attached hydrogens (tertiary/aromatic N) is 3. The average molecular weight is 500 g/mol. The lowest BCUT2D eigenvalue weighted by Gasteiger charge is -2.14. The van der Waals surface area contributed by atoms with Gasteiger partial charge in [0.25, 0.3) is 0 Å². The summed E-state index contributed by atoms with van der Waals surface area (Å²) in [5, 5.41) is 27.4. The van der Waals surface area contributed by atoms with Gasteiger partial charge in [0.1, 0.15) is 0 Å². The molecule has 37 heavy (non-hydrogen) atoms. The Morgan fingerprint density at radius 1 is 0.703 bits per heavy atom. The van der Waals surface area contributed by atoms with E-state index in [2.05, 4.69) is 45.7 Å². The summed E-state index contributed by atoms with van der Waals surface area (Å²) >= 11 is 0. The number of carbonyl (C=O) groups is 2. The highest BCUT2D eigenvalue weighted by Gasteiger charge is 2.23. The highest BCUT2D eigenvalue weighted by Crippen LogP contribution is 2.20. The molecular formula is C28H29N5O4. The fourth-order valence-corrected chi connectivity index (χ4v) is 2.83. The maximum Gasteiger partial charge on any atom is 0.167 e. The van der Waals surface area contributed by atoms with Gasteiger partial charge >= 0.3 is 0 Å². The summed E-state index contributed by atoms with van der Waals surface area (Å²) in [7, 11) is 0. The molecule has 0 fully saturated rings. The smallest absolute Gasteiger partial charge is 0.167 e. The zero-order valence-corrected chi connectivity index (χ0v) is 20.4. The van der Waals surface area contributed by atoms with Gasteiger partial charge in [0, 0.05) is 54.0 Å². The molecule has 9 nitrogen and oxygen atoms in total. The third-order valence-electron chi connectivity index (χ3n) is 4.74. The van der Waals surface area contributed by atoms with Gasteiger partial charge in [0.2, 0.25) is 0 Å². The summed E-state index contributed by atoms with van der Waals surface area (Å²) in [6.45, 7) is 1.43. The minimum absolute atomic E-state index is 0.109. The SMILES string of the molecule is CC#N.O=C([O-])c1cccnc1.O=C([O-])c1cccnc1.[NH3+][C@H](c1ccccc1)[C@H]([NH3+])c1ccccc1. The van der Waals surface area contributed by atoms with Gasteiger partial charge in [-0.3, -0.25) is 9.97 Å². The summed E-state index contributed by atoms with van der Waals surface area (Å²) in [5.41, 5.74) is 11.1. The number of pyridine rings is 2. The normalized spacial score (nSPS) is 10.8. The van der Waals surface area contributed by atoms with Gasteiger partial charge in [0.05, 0.1) is 18.0 Å². The number of aromatic carboxylic acids is 2. The van der Waals surface area contributed by atoms with Crippen molar-refractivity contribution in [1.82, 2.24) is 9.97 Å². The summed E-state index contributed by atoms with van der Waals surface area (Å²) in [4.78, 5) is 27.3. The van der Waals surface area contributed by atoms with Crippen LogP contribution < -0.4 is 21.7 Å². The first-order valence-corrected chi connectivity index (χ1v) is 11.1. The first kappa shape index (κ1) is 30.1. The third-order valence-corrected chi connectivity index (χ3v) is 4.74. The number of carboxylic acids is 2. The van der Waals surface area contributed by atoms with Crippen LogP contribution in [-0.4, -0.2) is 21.9 Å². The Hall–Kier alpha value is -4.91. The molecule has 9 heteroatoms. The van der Waals surface area contributed by atoms with Gasteiger partial charge in [-0.2, -0.15) is 5.26 Å². The molecule has 2 heterocycles. The largest absolute Gasteiger partial charge is 0.545 e. The number of carbonyl (C=O) groups excluding carboxylic acids is 2. The van der Waals surface area contributed by atoms with E-state index in [9.17, 15) is 19.8 Å². The molecule has 6 N–H and O–H groups in total. The van der Waals surface area contributed by atoms with Crippen LogP contribution in [0.2, 0.25) is 0 Å². The van der Waals surface area contributed by atoms with E-state index in [0.717, 1.165) is 0 Å². The van der Waals surface area contributed by atoms with E-state index in [1.54, 1.807) is 18.2 Å². The maximum absolute atomic E-state index is 10.0. The first-order chi connectivity index (χ1) is 17.8.